The molecule has 186 valence electrons. The minimum Gasteiger partial charge on any atom is -0.0843 e. The molecule has 2 aliphatic carbocycles. The van der Waals surface area contributed by atoms with E-state index in [-0.39, 0.29) is 0 Å². The van der Waals surface area contributed by atoms with Gasteiger partial charge in [-0.1, -0.05) is 119 Å². The van der Waals surface area contributed by atoms with Gasteiger partial charge in [-0.3, -0.25) is 0 Å². The summed E-state index contributed by atoms with van der Waals surface area (Å²) in [6.45, 7) is 2.33. The molecule has 0 aromatic heterocycles. The predicted octanol–water partition coefficient (Wildman–Crippen LogP) is 10.6. The van der Waals surface area contributed by atoms with E-state index in [1.54, 1.807) is 5.56 Å². The minimum atomic E-state index is 0.792. The highest BCUT2D eigenvalue weighted by atomic mass is 35.5. The minimum absolute atomic E-state index is 0.792. The number of rotatable bonds is 11. The molecule has 2 aromatic carbocycles. The van der Waals surface area contributed by atoms with Crippen molar-refractivity contribution in [1.29, 1.82) is 0 Å². The summed E-state index contributed by atoms with van der Waals surface area (Å²) in [6.07, 6.45) is 22.8. The Bertz CT molecular complexity index is 805. The van der Waals surface area contributed by atoms with Crippen LogP contribution in [0, 0.1) is 17.8 Å². The van der Waals surface area contributed by atoms with E-state index >= 15 is 0 Å². The molecular weight excluding hydrogens is 432 g/mol. The van der Waals surface area contributed by atoms with Gasteiger partial charge in [-0.15, -0.1) is 0 Å². The van der Waals surface area contributed by atoms with Gasteiger partial charge in [-0.05, 0) is 91.0 Å². The van der Waals surface area contributed by atoms with Crippen molar-refractivity contribution in [3.63, 3.8) is 0 Å². The maximum atomic E-state index is 6.00. The first kappa shape index (κ1) is 25.8. The fourth-order valence-electron chi connectivity index (χ4n) is 6.64. The lowest BCUT2D eigenvalue weighted by Crippen LogP contribution is -2.17. The molecule has 2 fully saturated rings. The summed E-state index contributed by atoms with van der Waals surface area (Å²) < 4.78 is 0. The average Bonchev–Trinajstić information content (AvgIpc) is 2.89. The van der Waals surface area contributed by atoms with Gasteiger partial charge in [-0.2, -0.15) is 0 Å². The van der Waals surface area contributed by atoms with E-state index in [1.165, 1.54) is 101 Å². The standard InChI is InChI=1S/C33H47Cl/c1-2-3-4-5-26-6-8-27(9-7-26)10-11-28-14-20-31(21-15-28)32-22-16-29(17-23-32)12-13-30-18-24-33(34)25-19-30/h16-19,22-28,31H,2-15,20-21H2,1H3. The topological polar surface area (TPSA) is 0 Å². The molecule has 0 radical (unpaired) electrons. The molecule has 2 aromatic rings. The van der Waals surface area contributed by atoms with Crippen molar-refractivity contribution in [2.75, 3.05) is 0 Å². The summed E-state index contributed by atoms with van der Waals surface area (Å²) in [5.74, 6) is 3.89. The fraction of sp³-hybridized carbons (Fsp3) is 0.636. The Labute approximate surface area is 214 Å². The zero-order chi connectivity index (χ0) is 23.6. The zero-order valence-electron chi connectivity index (χ0n) is 21.6. The summed E-state index contributed by atoms with van der Waals surface area (Å²) in [6, 6.07) is 17.9. The van der Waals surface area contributed by atoms with Crippen LogP contribution >= 0.6 is 11.6 Å². The van der Waals surface area contributed by atoms with E-state index in [1.807, 2.05) is 12.1 Å². The molecule has 2 aliphatic rings. The molecule has 0 saturated heterocycles. The molecule has 2 saturated carbocycles. The van der Waals surface area contributed by atoms with Crippen LogP contribution in [0.3, 0.4) is 0 Å². The Balaban J connectivity index is 1.12. The van der Waals surface area contributed by atoms with Gasteiger partial charge < -0.3 is 0 Å². The molecule has 0 nitrogen and oxygen atoms in total. The quantitative estimate of drug-likeness (QED) is 0.281. The van der Waals surface area contributed by atoms with Crippen LogP contribution in [-0.4, -0.2) is 0 Å². The molecule has 0 spiro atoms. The van der Waals surface area contributed by atoms with Crippen molar-refractivity contribution in [2.24, 2.45) is 17.8 Å². The molecule has 1 heteroatoms. The maximum absolute atomic E-state index is 6.00. The molecule has 0 bridgehead atoms. The first-order valence-electron chi connectivity index (χ1n) is 14.5. The van der Waals surface area contributed by atoms with Gasteiger partial charge in [0, 0.05) is 5.02 Å². The van der Waals surface area contributed by atoms with Gasteiger partial charge in [0.2, 0.25) is 0 Å². The number of benzene rings is 2. The van der Waals surface area contributed by atoms with E-state index in [0.717, 1.165) is 41.5 Å². The van der Waals surface area contributed by atoms with E-state index in [0.29, 0.717) is 0 Å². The highest BCUT2D eigenvalue weighted by Crippen LogP contribution is 2.40. The third-order valence-corrected chi connectivity index (χ3v) is 9.33. The molecule has 0 heterocycles. The van der Waals surface area contributed by atoms with E-state index < -0.39 is 0 Å². The van der Waals surface area contributed by atoms with Gasteiger partial charge in [0.25, 0.3) is 0 Å². The van der Waals surface area contributed by atoms with Crippen LogP contribution in [0.5, 0.6) is 0 Å². The van der Waals surface area contributed by atoms with Crippen LogP contribution in [0.1, 0.15) is 119 Å². The summed E-state index contributed by atoms with van der Waals surface area (Å²) >= 11 is 6.00. The summed E-state index contributed by atoms with van der Waals surface area (Å²) in [7, 11) is 0. The van der Waals surface area contributed by atoms with Crippen LogP contribution in [0.4, 0.5) is 0 Å². The highest BCUT2D eigenvalue weighted by Gasteiger charge is 2.25. The lowest BCUT2D eigenvalue weighted by atomic mass is 9.74. The van der Waals surface area contributed by atoms with Crippen molar-refractivity contribution in [3.8, 4) is 0 Å². The summed E-state index contributed by atoms with van der Waals surface area (Å²) in [4.78, 5) is 0. The van der Waals surface area contributed by atoms with E-state index in [9.17, 15) is 0 Å². The lowest BCUT2D eigenvalue weighted by Gasteiger charge is -2.32. The van der Waals surface area contributed by atoms with Gasteiger partial charge in [0.15, 0.2) is 0 Å². The largest absolute Gasteiger partial charge is 0.0843 e. The molecule has 0 N–H and O–H groups in total. The molecule has 0 amide bonds. The Hall–Kier alpha value is -1.27. The van der Waals surface area contributed by atoms with Crippen LogP contribution < -0.4 is 0 Å². The van der Waals surface area contributed by atoms with Crippen molar-refractivity contribution < 1.29 is 0 Å². The first-order valence-corrected chi connectivity index (χ1v) is 14.9. The summed E-state index contributed by atoms with van der Waals surface area (Å²) in [5, 5.41) is 0.822. The molecular formula is C33H47Cl. The van der Waals surface area contributed by atoms with Crippen LogP contribution in [0.2, 0.25) is 5.02 Å². The normalized spacial score (nSPS) is 25.4. The van der Waals surface area contributed by atoms with Crippen molar-refractivity contribution in [2.45, 2.75) is 116 Å². The van der Waals surface area contributed by atoms with Crippen LogP contribution in [0.25, 0.3) is 0 Å². The Morgan fingerprint density at radius 1 is 0.588 bits per heavy atom. The number of unbranched alkanes of at least 4 members (excludes halogenated alkanes) is 2. The third kappa shape index (κ3) is 8.15. The van der Waals surface area contributed by atoms with Gasteiger partial charge in [0.05, 0.1) is 0 Å². The van der Waals surface area contributed by atoms with Gasteiger partial charge >= 0.3 is 0 Å². The summed E-state index contributed by atoms with van der Waals surface area (Å²) in [5.41, 5.74) is 4.40. The second kappa shape index (κ2) is 13.7. The Morgan fingerprint density at radius 3 is 1.59 bits per heavy atom. The molecule has 34 heavy (non-hydrogen) atoms. The van der Waals surface area contributed by atoms with Crippen molar-refractivity contribution in [3.05, 3.63) is 70.2 Å². The SMILES string of the molecule is CCCCCC1CCC(CCC2CCC(c3ccc(CCc4ccc(Cl)cc4)cc3)CC2)CC1. The molecule has 0 aliphatic heterocycles. The predicted molar refractivity (Wildman–Crippen MR) is 149 cm³/mol. The van der Waals surface area contributed by atoms with Crippen LogP contribution in [-0.2, 0) is 12.8 Å². The highest BCUT2D eigenvalue weighted by molar-refractivity contribution is 6.30. The lowest BCUT2D eigenvalue weighted by molar-refractivity contribution is 0.222. The molecule has 4 rings (SSSR count). The third-order valence-electron chi connectivity index (χ3n) is 9.08. The van der Waals surface area contributed by atoms with Crippen LogP contribution in [0.15, 0.2) is 48.5 Å². The second-order valence-corrected chi connectivity index (χ2v) is 12.0. The average molecular weight is 479 g/mol. The van der Waals surface area contributed by atoms with Crippen molar-refractivity contribution >= 4 is 11.6 Å². The van der Waals surface area contributed by atoms with Crippen molar-refractivity contribution in [1.82, 2.24) is 0 Å². The fourth-order valence-corrected chi connectivity index (χ4v) is 6.77. The molecule has 0 unspecified atom stereocenters. The number of hydrogen-bond donors (Lipinski definition) is 0. The molecule has 0 atom stereocenters. The van der Waals surface area contributed by atoms with Gasteiger partial charge in [0.1, 0.15) is 0 Å². The Morgan fingerprint density at radius 2 is 1.06 bits per heavy atom. The number of hydrogen-bond acceptors (Lipinski definition) is 0. The van der Waals surface area contributed by atoms with E-state index in [2.05, 4.69) is 43.3 Å². The Kier molecular flexibility index (Phi) is 10.4. The maximum Gasteiger partial charge on any atom is 0.0406 e. The number of halogens is 1. The number of aryl methyl sites for hydroxylation is 2. The van der Waals surface area contributed by atoms with Gasteiger partial charge in [-0.25, -0.2) is 0 Å². The van der Waals surface area contributed by atoms with E-state index in [4.69, 9.17) is 11.6 Å². The first-order chi connectivity index (χ1) is 16.7. The second-order valence-electron chi connectivity index (χ2n) is 11.5. The monoisotopic (exact) mass is 478 g/mol. The zero-order valence-corrected chi connectivity index (χ0v) is 22.4. The smallest absolute Gasteiger partial charge is 0.0406 e.